The minimum absolute atomic E-state index is 0.268. The molecule has 0 aliphatic carbocycles. The molecule has 192 valence electrons. The highest BCUT2D eigenvalue weighted by Crippen LogP contribution is 2.38. The molecule has 0 unspecified atom stereocenters. The Labute approximate surface area is 226 Å². The first-order valence-electron chi connectivity index (χ1n) is 10.9. The lowest BCUT2D eigenvalue weighted by Crippen LogP contribution is -2.26. The Bertz CT molecular complexity index is 1450. The highest BCUT2D eigenvalue weighted by Gasteiger charge is 2.26. The zero-order chi connectivity index (χ0) is 26.5. The van der Waals surface area contributed by atoms with Crippen LogP contribution >= 0.6 is 27.3 Å². The van der Waals surface area contributed by atoms with Crippen molar-refractivity contribution in [3.8, 4) is 28.7 Å². The molecule has 0 N–H and O–H groups in total. The number of carbonyl (C=O) groups is 1. The SMILES string of the molecule is COc1cc(/C=N/N(C(=O)c2cccc(OC)c2OC)c2nc3ccc(Br)cc3s2)cc(OC)c1OC. The predicted molar refractivity (Wildman–Crippen MR) is 147 cm³/mol. The lowest BCUT2D eigenvalue weighted by atomic mass is 10.1. The second-order valence-corrected chi connectivity index (χ2v) is 9.39. The number of amides is 1. The summed E-state index contributed by atoms with van der Waals surface area (Å²) in [5, 5.41) is 6.16. The standard InChI is InChI=1S/C26H24BrN3O6S/c1-32-19-8-6-7-17(23(19)35-4)25(31)30(26-29-18-10-9-16(27)13-22(18)37-26)28-14-15-11-20(33-2)24(36-5)21(12-15)34-3/h6-14H,1-5H3/b28-14+. The van der Waals surface area contributed by atoms with Crippen molar-refractivity contribution in [3.05, 3.63) is 64.1 Å². The summed E-state index contributed by atoms with van der Waals surface area (Å²) in [5.74, 6) is 1.65. The number of halogens is 1. The maximum atomic E-state index is 13.9. The summed E-state index contributed by atoms with van der Waals surface area (Å²) in [6.45, 7) is 0. The van der Waals surface area contributed by atoms with E-state index in [-0.39, 0.29) is 5.56 Å². The third kappa shape index (κ3) is 5.32. The van der Waals surface area contributed by atoms with Crippen molar-refractivity contribution in [1.29, 1.82) is 0 Å². The second-order valence-electron chi connectivity index (χ2n) is 7.47. The molecule has 1 heterocycles. The van der Waals surface area contributed by atoms with Gasteiger partial charge < -0.3 is 23.7 Å². The molecule has 37 heavy (non-hydrogen) atoms. The van der Waals surface area contributed by atoms with Gasteiger partial charge in [-0.2, -0.15) is 10.1 Å². The number of ether oxygens (including phenoxy) is 5. The van der Waals surface area contributed by atoms with Crippen LogP contribution in [0.3, 0.4) is 0 Å². The molecule has 0 radical (unpaired) electrons. The van der Waals surface area contributed by atoms with E-state index in [4.69, 9.17) is 23.7 Å². The van der Waals surface area contributed by atoms with Crippen molar-refractivity contribution in [1.82, 2.24) is 4.98 Å². The number of rotatable bonds is 9. The monoisotopic (exact) mass is 585 g/mol. The smallest absolute Gasteiger partial charge is 0.284 e. The molecule has 0 aliphatic rings. The summed E-state index contributed by atoms with van der Waals surface area (Å²) in [6.07, 6.45) is 1.52. The molecule has 0 saturated carbocycles. The number of fused-ring (bicyclic) bond motifs is 1. The van der Waals surface area contributed by atoms with E-state index in [9.17, 15) is 4.79 Å². The fourth-order valence-electron chi connectivity index (χ4n) is 3.64. The van der Waals surface area contributed by atoms with Crippen molar-refractivity contribution in [2.45, 2.75) is 0 Å². The fraction of sp³-hybridized carbons (Fsp3) is 0.192. The molecule has 1 amide bonds. The zero-order valence-electron chi connectivity index (χ0n) is 20.8. The van der Waals surface area contributed by atoms with Crippen molar-refractivity contribution >= 4 is 54.7 Å². The van der Waals surface area contributed by atoms with Gasteiger partial charge in [-0.25, -0.2) is 4.98 Å². The number of aromatic nitrogens is 1. The van der Waals surface area contributed by atoms with Crippen LogP contribution in [0.25, 0.3) is 10.2 Å². The molecule has 11 heteroatoms. The first-order valence-corrected chi connectivity index (χ1v) is 12.5. The third-order valence-corrected chi connectivity index (χ3v) is 6.84. The van der Waals surface area contributed by atoms with Gasteiger partial charge in [0.25, 0.3) is 5.91 Å². The Hall–Kier alpha value is -3.83. The van der Waals surface area contributed by atoms with Crippen molar-refractivity contribution in [2.24, 2.45) is 5.10 Å². The highest BCUT2D eigenvalue weighted by atomic mass is 79.9. The quantitative estimate of drug-likeness (QED) is 0.181. The summed E-state index contributed by atoms with van der Waals surface area (Å²) >= 11 is 4.81. The van der Waals surface area contributed by atoms with Crippen LogP contribution in [0.5, 0.6) is 28.7 Å². The average molecular weight is 586 g/mol. The summed E-state index contributed by atoms with van der Waals surface area (Å²) < 4.78 is 29.0. The van der Waals surface area contributed by atoms with E-state index in [1.807, 2.05) is 18.2 Å². The first-order chi connectivity index (χ1) is 17.9. The molecule has 3 aromatic carbocycles. The van der Waals surface area contributed by atoms with Crippen LogP contribution < -0.4 is 28.7 Å². The highest BCUT2D eigenvalue weighted by molar-refractivity contribution is 9.10. The number of para-hydroxylation sites is 1. The molecule has 4 aromatic rings. The van der Waals surface area contributed by atoms with Crippen LogP contribution in [-0.2, 0) is 0 Å². The van der Waals surface area contributed by atoms with Gasteiger partial charge in [0.1, 0.15) is 0 Å². The molecule has 0 atom stereocenters. The van der Waals surface area contributed by atoms with Gasteiger partial charge in [-0.15, -0.1) is 0 Å². The van der Waals surface area contributed by atoms with Gasteiger partial charge >= 0.3 is 0 Å². The van der Waals surface area contributed by atoms with Crippen LogP contribution in [0, 0.1) is 0 Å². The Kier molecular flexibility index (Phi) is 8.14. The molecule has 0 spiro atoms. The Morgan fingerprint density at radius 3 is 2.19 bits per heavy atom. The maximum Gasteiger partial charge on any atom is 0.284 e. The topological polar surface area (TPSA) is 91.7 Å². The molecular weight excluding hydrogens is 562 g/mol. The Morgan fingerprint density at radius 1 is 0.892 bits per heavy atom. The molecule has 4 rings (SSSR count). The first kappa shape index (κ1) is 26.2. The number of hydrogen-bond acceptors (Lipinski definition) is 9. The van der Waals surface area contributed by atoms with Crippen LogP contribution in [0.2, 0.25) is 0 Å². The number of hydrogen-bond donors (Lipinski definition) is 0. The third-order valence-electron chi connectivity index (χ3n) is 5.36. The van der Waals surface area contributed by atoms with Crippen LogP contribution in [-0.4, -0.2) is 52.7 Å². The minimum atomic E-state index is -0.447. The van der Waals surface area contributed by atoms with Gasteiger partial charge in [0.05, 0.1) is 57.5 Å². The summed E-state index contributed by atoms with van der Waals surface area (Å²) in [7, 11) is 7.58. The van der Waals surface area contributed by atoms with Crippen LogP contribution in [0.1, 0.15) is 15.9 Å². The van der Waals surface area contributed by atoms with E-state index in [1.165, 1.54) is 58.1 Å². The van der Waals surface area contributed by atoms with Gasteiger partial charge in [-0.05, 0) is 42.5 Å². The molecule has 0 fully saturated rings. The summed E-state index contributed by atoms with van der Waals surface area (Å²) in [5.41, 5.74) is 1.62. The number of thiazole rings is 1. The minimum Gasteiger partial charge on any atom is -0.493 e. The molecule has 0 bridgehead atoms. The second kappa shape index (κ2) is 11.5. The molecule has 0 aliphatic heterocycles. The fourth-order valence-corrected chi connectivity index (χ4v) is 5.11. The van der Waals surface area contributed by atoms with Crippen LogP contribution in [0.15, 0.2) is 58.1 Å². The van der Waals surface area contributed by atoms with E-state index in [1.54, 1.807) is 30.3 Å². The number of benzene rings is 3. The van der Waals surface area contributed by atoms with E-state index >= 15 is 0 Å². The number of nitrogens with zero attached hydrogens (tertiary/aromatic N) is 3. The maximum absolute atomic E-state index is 13.9. The molecular formula is C26H24BrN3O6S. The van der Waals surface area contributed by atoms with E-state index in [0.717, 1.165) is 14.7 Å². The number of anilines is 1. The van der Waals surface area contributed by atoms with Crippen LogP contribution in [0.4, 0.5) is 5.13 Å². The largest absolute Gasteiger partial charge is 0.493 e. The number of methoxy groups -OCH3 is 5. The molecule has 9 nitrogen and oxygen atoms in total. The molecule has 1 aromatic heterocycles. The summed E-state index contributed by atoms with van der Waals surface area (Å²) in [6, 6.07) is 14.2. The van der Waals surface area contributed by atoms with Crippen molar-refractivity contribution < 1.29 is 28.5 Å². The zero-order valence-corrected chi connectivity index (χ0v) is 23.2. The normalized spacial score (nSPS) is 11.0. The van der Waals surface area contributed by atoms with Gasteiger partial charge in [-0.3, -0.25) is 4.79 Å². The molecule has 0 saturated heterocycles. The van der Waals surface area contributed by atoms with Crippen molar-refractivity contribution in [2.75, 3.05) is 40.6 Å². The number of hydrazone groups is 1. The van der Waals surface area contributed by atoms with Gasteiger partial charge in [-0.1, -0.05) is 33.3 Å². The average Bonchev–Trinajstić information content (AvgIpc) is 3.34. The van der Waals surface area contributed by atoms with Crippen molar-refractivity contribution in [3.63, 3.8) is 0 Å². The lowest BCUT2D eigenvalue weighted by Gasteiger charge is -2.17. The Balaban J connectivity index is 1.84. The van der Waals surface area contributed by atoms with Gasteiger partial charge in [0, 0.05) is 10.0 Å². The van der Waals surface area contributed by atoms with Gasteiger partial charge in [0.15, 0.2) is 23.0 Å². The van der Waals surface area contributed by atoms with E-state index in [2.05, 4.69) is 26.0 Å². The Morgan fingerprint density at radius 2 is 1.57 bits per heavy atom. The lowest BCUT2D eigenvalue weighted by molar-refractivity contribution is 0.0984. The predicted octanol–water partition coefficient (Wildman–Crippen LogP) is 5.78. The van der Waals surface area contributed by atoms with Gasteiger partial charge in [0.2, 0.25) is 10.9 Å². The van der Waals surface area contributed by atoms with E-state index in [0.29, 0.717) is 39.4 Å². The number of carbonyl (C=O) groups excluding carboxylic acids is 1. The van der Waals surface area contributed by atoms with E-state index < -0.39 is 5.91 Å². The summed E-state index contributed by atoms with van der Waals surface area (Å²) in [4.78, 5) is 18.5.